The molecule has 0 spiro atoms. The number of nitrogens with one attached hydrogen (secondary N) is 1. The molecule has 1 aromatic heterocycles. The lowest BCUT2D eigenvalue weighted by Gasteiger charge is -2.22. The number of nitrogens with zero attached hydrogens (tertiary/aromatic N) is 5. The molecular weight excluding hydrogens is 304 g/mol. The average Bonchev–Trinajstić information content (AvgIpc) is 3.07. The van der Waals surface area contributed by atoms with Gasteiger partial charge in [0.25, 0.3) is 0 Å². The molecule has 2 aliphatic rings. The fourth-order valence-corrected chi connectivity index (χ4v) is 2.70. The van der Waals surface area contributed by atoms with Crippen LogP contribution in [0.5, 0.6) is 5.75 Å². The van der Waals surface area contributed by atoms with E-state index in [1.165, 1.54) is 0 Å². The van der Waals surface area contributed by atoms with E-state index in [1.54, 1.807) is 24.6 Å². The zero-order valence-corrected chi connectivity index (χ0v) is 13.1. The van der Waals surface area contributed by atoms with Crippen LogP contribution in [0.1, 0.15) is 11.6 Å². The van der Waals surface area contributed by atoms with Crippen molar-refractivity contribution in [3.05, 3.63) is 54.4 Å². The highest BCUT2D eigenvalue weighted by Gasteiger charge is 2.32. The van der Waals surface area contributed by atoms with Crippen molar-refractivity contribution in [2.75, 3.05) is 12.4 Å². The first-order valence-electron chi connectivity index (χ1n) is 7.61. The van der Waals surface area contributed by atoms with Gasteiger partial charge in [-0.05, 0) is 36.4 Å². The Labute approximate surface area is 139 Å². The Bertz CT molecular complexity index is 814. The molecule has 0 amide bonds. The van der Waals surface area contributed by atoms with Gasteiger partial charge in [-0.2, -0.15) is 15.3 Å². The van der Waals surface area contributed by atoms with Gasteiger partial charge in [0, 0.05) is 24.3 Å². The van der Waals surface area contributed by atoms with Crippen molar-refractivity contribution in [2.24, 2.45) is 10.2 Å². The van der Waals surface area contributed by atoms with Crippen molar-refractivity contribution >= 4 is 24.1 Å². The van der Waals surface area contributed by atoms with Crippen LogP contribution in [-0.4, -0.2) is 40.7 Å². The summed E-state index contributed by atoms with van der Waals surface area (Å²) in [6, 6.07) is 9.60. The number of ether oxygens (including phenoxy) is 1. The molecule has 1 aromatic carbocycles. The number of allylic oxidation sites excluding steroid dienone is 1. The van der Waals surface area contributed by atoms with E-state index < -0.39 is 0 Å². The highest BCUT2D eigenvalue weighted by Crippen LogP contribution is 2.29. The Kier molecular flexibility index (Phi) is 3.66. The summed E-state index contributed by atoms with van der Waals surface area (Å²) >= 11 is 0. The molecule has 7 heteroatoms. The molecule has 2 aliphatic heterocycles. The second-order valence-corrected chi connectivity index (χ2v) is 5.41. The SMILES string of the molecule is COc1ccc(Nc2nccc(C3C=NN4N=CC=CC34)n2)cc1. The molecule has 2 atom stereocenters. The van der Waals surface area contributed by atoms with Crippen LogP contribution in [-0.2, 0) is 0 Å². The number of aromatic nitrogens is 2. The number of benzene rings is 1. The molecular formula is C17H16N6O. The fraction of sp³-hybridized carbons (Fsp3) is 0.176. The molecule has 1 N–H and O–H groups in total. The summed E-state index contributed by atoms with van der Waals surface area (Å²) < 4.78 is 5.16. The largest absolute Gasteiger partial charge is 0.497 e. The van der Waals surface area contributed by atoms with Crippen LogP contribution >= 0.6 is 0 Å². The Balaban J connectivity index is 1.54. The van der Waals surface area contributed by atoms with Crippen molar-refractivity contribution in [1.82, 2.24) is 15.1 Å². The van der Waals surface area contributed by atoms with Gasteiger partial charge >= 0.3 is 0 Å². The molecule has 0 bridgehead atoms. The molecule has 0 saturated carbocycles. The van der Waals surface area contributed by atoms with E-state index in [2.05, 4.69) is 31.6 Å². The minimum Gasteiger partial charge on any atom is -0.497 e. The van der Waals surface area contributed by atoms with Gasteiger partial charge in [0.2, 0.25) is 5.95 Å². The van der Waals surface area contributed by atoms with Gasteiger partial charge < -0.3 is 10.1 Å². The highest BCUT2D eigenvalue weighted by molar-refractivity contribution is 5.76. The van der Waals surface area contributed by atoms with Crippen LogP contribution < -0.4 is 10.1 Å². The molecule has 2 unspecified atom stereocenters. The fourth-order valence-electron chi connectivity index (χ4n) is 2.70. The Morgan fingerprint density at radius 3 is 2.83 bits per heavy atom. The molecule has 24 heavy (non-hydrogen) atoms. The minimum absolute atomic E-state index is 0.0538. The number of anilines is 2. The summed E-state index contributed by atoms with van der Waals surface area (Å²) in [5.41, 5.74) is 1.80. The number of hydrogen-bond donors (Lipinski definition) is 1. The lowest BCUT2D eigenvalue weighted by molar-refractivity contribution is 0.267. The van der Waals surface area contributed by atoms with E-state index in [4.69, 9.17) is 4.74 Å². The standard InChI is InChI=1S/C17H16N6O/c1-24-13-6-4-12(5-7-13)21-17-18-10-8-15(22-17)14-11-20-23-16(14)3-2-9-19-23/h2-11,14,16H,1H3,(H,18,21,22). The van der Waals surface area contributed by atoms with E-state index in [0.717, 1.165) is 17.1 Å². The summed E-state index contributed by atoms with van der Waals surface area (Å²) in [6.07, 6.45) is 9.36. The monoisotopic (exact) mass is 320 g/mol. The molecule has 2 aromatic rings. The van der Waals surface area contributed by atoms with E-state index in [-0.39, 0.29) is 12.0 Å². The first-order chi connectivity index (χ1) is 11.8. The summed E-state index contributed by atoms with van der Waals surface area (Å²) in [5.74, 6) is 1.41. The zero-order chi connectivity index (χ0) is 16.4. The van der Waals surface area contributed by atoms with Crippen molar-refractivity contribution < 1.29 is 4.74 Å². The number of methoxy groups -OCH3 is 1. The Morgan fingerprint density at radius 2 is 2.00 bits per heavy atom. The summed E-state index contributed by atoms with van der Waals surface area (Å²) in [5, 5.41) is 13.4. The summed E-state index contributed by atoms with van der Waals surface area (Å²) in [7, 11) is 1.64. The zero-order valence-electron chi connectivity index (χ0n) is 13.1. The van der Waals surface area contributed by atoms with Crippen molar-refractivity contribution in [2.45, 2.75) is 12.0 Å². The van der Waals surface area contributed by atoms with Crippen molar-refractivity contribution in [3.63, 3.8) is 0 Å². The smallest absolute Gasteiger partial charge is 0.227 e. The maximum atomic E-state index is 5.16. The number of hydrogen-bond acceptors (Lipinski definition) is 7. The number of rotatable bonds is 4. The number of fused-ring (bicyclic) bond motifs is 1. The van der Waals surface area contributed by atoms with Crippen molar-refractivity contribution in [1.29, 1.82) is 0 Å². The molecule has 0 aliphatic carbocycles. The Hall–Kier alpha value is -3.22. The first kappa shape index (κ1) is 14.4. The molecule has 7 nitrogen and oxygen atoms in total. The molecule has 0 fully saturated rings. The lowest BCUT2D eigenvalue weighted by atomic mass is 9.97. The topological polar surface area (TPSA) is 75.0 Å². The molecule has 0 radical (unpaired) electrons. The lowest BCUT2D eigenvalue weighted by Crippen LogP contribution is -2.27. The van der Waals surface area contributed by atoms with Crippen LogP contribution in [0.15, 0.2) is 58.9 Å². The van der Waals surface area contributed by atoms with Crippen LogP contribution in [0.3, 0.4) is 0 Å². The molecule has 4 rings (SSSR count). The second kappa shape index (κ2) is 6.11. The van der Waals surface area contributed by atoms with Gasteiger partial charge in [-0.15, -0.1) is 0 Å². The van der Waals surface area contributed by atoms with Crippen LogP contribution in [0.25, 0.3) is 0 Å². The summed E-state index contributed by atoms with van der Waals surface area (Å²) in [6.45, 7) is 0. The minimum atomic E-state index is 0.0538. The quantitative estimate of drug-likeness (QED) is 0.937. The van der Waals surface area contributed by atoms with Gasteiger partial charge in [0.05, 0.1) is 18.7 Å². The van der Waals surface area contributed by atoms with Crippen LogP contribution in [0.2, 0.25) is 0 Å². The maximum absolute atomic E-state index is 5.16. The predicted octanol–water partition coefficient (Wildman–Crippen LogP) is 2.54. The second-order valence-electron chi connectivity index (χ2n) is 5.41. The third kappa shape index (κ3) is 2.71. The predicted molar refractivity (Wildman–Crippen MR) is 92.8 cm³/mol. The normalized spacial score (nSPS) is 21.0. The first-order valence-corrected chi connectivity index (χ1v) is 7.61. The van der Waals surface area contributed by atoms with E-state index in [9.17, 15) is 0 Å². The van der Waals surface area contributed by atoms with Gasteiger partial charge in [0.15, 0.2) is 0 Å². The van der Waals surface area contributed by atoms with Gasteiger partial charge in [0.1, 0.15) is 11.8 Å². The van der Waals surface area contributed by atoms with Gasteiger partial charge in [-0.1, -0.05) is 6.08 Å². The molecule has 3 heterocycles. The van der Waals surface area contributed by atoms with Crippen LogP contribution in [0, 0.1) is 0 Å². The highest BCUT2D eigenvalue weighted by atomic mass is 16.5. The van der Waals surface area contributed by atoms with E-state index in [1.807, 2.05) is 42.6 Å². The Morgan fingerprint density at radius 1 is 1.12 bits per heavy atom. The third-order valence-electron chi connectivity index (χ3n) is 3.92. The third-order valence-corrected chi connectivity index (χ3v) is 3.92. The van der Waals surface area contributed by atoms with E-state index >= 15 is 0 Å². The molecule has 0 saturated heterocycles. The summed E-state index contributed by atoms with van der Waals surface area (Å²) in [4.78, 5) is 8.92. The van der Waals surface area contributed by atoms with Crippen molar-refractivity contribution in [3.8, 4) is 5.75 Å². The average molecular weight is 320 g/mol. The van der Waals surface area contributed by atoms with E-state index in [0.29, 0.717) is 5.95 Å². The van der Waals surface area contributed by atoms with Gasteiger partial charge in [-0.25, -0.2) is 9.97 Å². The molecule has 120 valence electrons. The number of hydrazone groups is 2. The van der Waals surface area contributed by atoms with Gasteiger partial charge in [-0.3, -0.25) is 0 Å². The maximum Gasteiger partial charge on any atom is 0.227 e. The van der Waals surface area contributed by atoms with Crippen LogP contribution in [0.4, 0.5) is 11.6 Å².